The Morgan fingerprint density at radius 1 is 1.04 bits per heavy atom. The number of fused-ring (bicyclic) bond motifs is 3. The lowest BCUT2D eigenvalue weighted by Gasteiger charge is -2.56. The molecule has 0 bridgehead atoms. The molecule has 268 valence electrons. The average molecular weight is 697 g/mol. The zero-order valence-corrected chi connectivity index (χ0v) is 27.8. The van der Waals surface area contributed by atoms with E-state index in [0.29, 0.717) is 0 Å². The van der Waals surface area contributed by atoms with Crippen molar-refractivity contribution < 1.29 is 56.9 Å². The van der Waals surface area contributed by atoms with Crippen molar-refractivity contribution in [1.29, 1.82) is 0 Å². The average Bonchev–Trinajstić information content (AvgIpc) is 2.95. The van der Waals surface area contributed by atoms with Crippen LogP contribution >= 0.6 is 0 Å². The number of benzene rings is 1. The third kappa shape index (κ3) is 6.27. The number of aromatic hydroxyl groups is 1. The molecule has 15 nitrogen and oxygen atoms in total. The zero-order valence-electron chi connectivity index (χ0n) is 27.8. The van der Waals surface area contributed by atoms with Gasteiger partial charge < -0.3 is 36.8 Å². The van der Waals surface area contributed by atoms with Gasteiger partial charge in [-0.2, -0.15) is 13.2 Å². The molecule has 7 N–H and O–H groups in total. The van der Waals surface area contributed by atoms with E-state index in [1.54, 1.807) is 26.1 Å². The maximum atomic E-state index is 14.3. The van der Waals surface area contributed by atoms with Crippen LogP contribution in [0, 0.1) is 23.7 Å². The molecule has 0 spiro atoms. The second-order valence-electron chi connectivity index (χ2n) is 14.1. The first-order valence-electron chi connectivity index (χ1n) is 15.2. The number of amides is 3. The lowest BCUT2D eigenvalue weighted by Crippen LogP contribution is -2.79. The molecule has 0 heterocycles. The Kier molecular flexibility index (Phi) is 9.52. The van der Waals surface area contributed by atoms with E-state index in [1.165, 1.54) is 39.2 Å². The predicted octanol–water partition coefficient (Wildman–Crippen LogP) is -1.08. The van der Waals surface area contributed by atoms with E-state index in [1.807, 2.05) is 0 Å². The number of carbonyl (C=O) groups is 7. The summed E-state index contributed by atoms with van der Waals surface area (Å²) in [5, 5.41) is 30.5. The number of aliphatic hydroxyl groups is 1. The third-order valence-corrected chi connectivity index (χ3v) is 9.25. The number of primary amides is 1. The molecule has 4 rings (SSSR count). The number of phenolic OH excluding ortho intramolecular Hbond substituents is 1. The number of halogens is 3. The van der Waals surface area contributed by atoms with Gasteiger partial charge in [0.15, 0.2) is 34.7 Å². The predicted molar refractivity (Wildman–Crippen MR) is 165 cm³/mol. The Bertz CT molecular complexity index is 1650. The third-order valence-electron chi connectivity index (χ3n) is 9.25. The monoisotopic (exact) mass is 696 g/mol. The molecule has 0 saturated heterocycles. The molecule has 1 aromatic rings. The summed E-state index contributed by atoms with van der Waals surface area (Å²) in [6.45, 7) is 5.20. The lowest BCUT2D eigenvalue weighted by atomic mass is 9.50. The number of hydrogen-bond acceptors (Lipinski definition) is 12. The second kappa shape index (κ2) is 12.5. The number of nitrogens with one attached hydrogen (secondary N) is 3. The molecule has 0 aliphatic heterocycles. The largest absolute Gasteiger partial charge is 0.505 e. The minimum Gasteiger partial charge on any atom is -0.505 e. The van der Waals surface area contributed by atoms with Gasteiger partial charge in [-0.05, 0) is 52.9 Å². The quantitative estimate of drug-likeness (QED) is 0.148. The van der Waals surface area contributed by atoms with Crippen LogP contribution < -0.4 is 26.6 Å². The fourth-order valence-electron chi connectivity index (χ4n) is 7.17. The molecule has 1 aromatic carbocycles. The van der Waals surface area contributed by atoms with E-state index in [-0.39, 0.29) is 23.5 Å². The number of carbonyl (C=O) groups excluding carboxylic acids is 7. The number of Topliss-reactive ketones (excluding diaryl/α,β-unsaturated/α-hetero) is 4. The molecule has 3 aliphatic carbocycles. The van der Waals surface area contributed by atoms with Crippen molar-refractivity contribution in [3.05, 3.63) is 17.2 Å². The Morgan fingerprint density at radius 3 is 2.12 bits per heavy atom. The zero-order chi connectivity index (χ0) is 37.3. The van der Waals surface area contributed by atoms with Crippen molar-refractivity contribution in [3.8, 4) is 5.75 Å². The summed E-state index contributed by atoms with van der Waals surface area (Å²) < 4.78 is 41.1. The number of likely N-dealkylation sites (N-methyl/N-ethyl adjacent to an activating group) is 1. The fourth-order valence-corrected chi connectivity index (χ4v) is 7.17. The summed E-state index contributed by atoms with van der Waals surface area (Å²) in [6.07, 6.45) is -5.99. The molecule has 18 heteroatoms. The highest BCUT2D eigenvalue weighted by Gasteiger charge is 2.73. The first kappa shape index (κ1) is 37.4. The molecule has 3 amide bonds. The van der Waals surface area contributed by atoms with Crippen LogP contribution in [0.4, 0.5) is 24.5 Å². The first-order valence-corrected chi connectivity index (χ1v) is 15.2. The van der Waals surface area contributed by atoms with E-state index in [2.05, 4.69) is 10.6 Å². The molecule has 3 aliphatic rings. The minimum absolute atomic E-state index is 0.0222. The molecule has 2 saturated carbocycles. The number of hydrogen-bond donors (Lipinski definition) is 6. The van der Waals surface area contributed by atoms with Gasteiger partial charge in [-0.3, -0.25) is 38.5 Å². The summed E-state index contributed by atoms with van der Waals surface area (Å²) in [4.78, 5) is 96.0. The van der Waals surface area contributed by atoms with Gasteiger partial charge >= 0.3 is 12.1 Å². The Morgan fingerprint density at radius 2 is 1.63 bits per heavy atom. The number of phenols is 1. The van der Waals surface area contributed by atoms with Gasteiger partial charge in [-0.15, -0.1) is 0 Å². The van der Waals surface area contributed by atoms with Crippen LogP contribution in [0.5, 0.6) is 5.75 Å². The number of rotatable bonds is 7. The van der Waals surface area contributed by atoms with Crippen molar-refractivity contribution in [2.24, 2.45) is 29.4 Å². The van der Waals surface area contributed by atoms with Gasteiger partial charge in [-0.1, -0.05) is 0 Å². The Balaban J connectivity index is 1.97. The molecule has 49 heavy (non-hydrogen) atoms. The number of ketones is 4. The first-order chi connectivity index (χ1) is 22.4. The summed E-state index contributed by atoms with van der Waals surface area (Å²) in [6, 6.07) is -2.52. The lowest BCUT2D eigenvalue weighted by molar-refractivity contribution is -0.190. The summed E-state index contributed by atoms with van der Waals surface area (Å²) >= 11 is 0. The normalized spacial score (nSPS) is 28.4. The van der Waals surface area contributed by atoms with Gasteiger partial charge in [0.1, 0.15) is 5.75 Å². The molecule has 0 aromatic heterocycles. The number of nitrogens with two attached hydrogens (primary N) is 1. The number of anilines is 2. The highest BCUT2D eigenvalue weighted by atomic mass is 19.4. The number of alkyl halides is 3. The van der Waals surface area contributed by atoms with Crippen LogP contribution in [0.1, 0.15) is 36.7 Å². The van der Waals surface area contributed by atoms with Crippen molar-refractivity contribution in [2.45, 2.75) is 56.6 Å². The van der Waals surface area contributed by atoms with E-state index < -0.39 is 112 Å². The SMILES string of the molecule is CN(C)c1cc(NC(=O)CNC(C)(C)C)c(O)c2c1C[C@@H]1C(C2=O)C(=O)[C@]2(O)C(=O)C(C(N)=O)C(=O)[C@@H](N(C)C)[C@@H]2[C@H]1NC(=O)C(F)(F)F. The fraction of sp³-hybridized carbons (Fsp3) is 0.581. The van der Waals surface area contributed by atoms with Crippen LogP contribution in [0.2, 0.25) is 0 Å². The van der Waals surface area contributed by atoms with Crippen LogP contribution in [0.15, 0.2) is 6.07 Å². The van der Waals surface area contributed by atoms with E-state index in [4.69, 9.17) is 5.73 Å². The number of nitrogens with zero attached hydrogens (tertiary/aromatic N) is 2. The van der Waals surface area contributed by atoms with Crippen LogP contribution in [-0.2, 0) is 35.2 Å². The summed E-state index contributed by atoms with van der Waals surface area (Å²) in [7, 11) is 5.56. The molecular weight excluding hydrogens is 657 g/mol. The molecule has 7 atom stereocenters. The van der Waals surface area contributed by atoms with Gasteiger partial charge in [0.25, 0.3) is 0 Å². The van der Waals surface area contributed by atoms with E-state index >= 15 is 0 Å². The second-order valence-corrected chi connectivity index (χ2v) is 14.1. The Labute approximate surface area is 278 Å². The van der Waals surface area contributed by atoms with Gasteiger partial charge in [0.2, 0.25) is 11.8 Å². The molecule has 0 radical (unpaired) electrons. The van der Waals surface area contributed by atoms with Gasteiger partial charge in [0, 0.05) is 43.2 Å². The summed E-state index contributed by atoms with van der Waals surface area (Å²) in [5.74, 6) is -19.5. The van der Waals surface area contributed by atoms with Gasteiger partial charge in [0.05, 0.1) is 29.8 Å². The standard InChI is InChI=1S/C31H39F3N6O9/c1-29(2,3)36-10-15(41)37-13-9-14(39(4)5)11-8-12-17(23(43)16(11)22(13)42)25(45)30(49)19(20(12)38-28(48)31(32,33)34)21(40(6)7)24(44)18(26(30)46)27(35)47/h9,12,17-21,36,42,49H,8,10H2,1-7H3,(H2,35,47)(H,37,41)(H,38,48)/t12-,17?,18?,19+,20+,21+,30+/m1/s1. The maximum absolute atomic E-state index is 14.3. The highest BCUT2D eigenvalue weighted by molar-refractivity contribution is 6.32. The topological polar surface area (TPSA) is 229 Å². The van der Waals surface area contributed by atoms with Crippen molar-refractivity contribution in [2.75, 3.05) is 45.0 Å². The highest BCUT2D eigenvalue weighted by Crippen LogP contribution is 2.53. The minimum atomic E-state index is -5.51. The summed E-state index contributed by atoms with van der Waals surface area (Å²) in [5.41, 5.74) is 0.845. The van der Waals surface area contributed by atoms with Gasteiger partial charge in [-0.25, -0.2) is 0 Å². The van der Waals surface area contributed by atoms with Crippen LogP contribution in [-0.4, -0.2) is 120 Å². The van der Waals surface area contributed by atoms with E-state index in [9.17, 15) is 56.9 Å². The molecule has 2 unspecified atom stereocenters. The molecular formula is C31H39F3N6O9. The maximum Gasteiger partial charge on any atom is 0.471 e. The Hall–Kier alpha value is -4.42. The van der Waals surface area contributed by atoms with Crippen molar-refractivity contribution in [3.63, 3.8) is 0 Å². The van der Waals surface area contributed by atoms with Crippen molar-refractivity contribution in [1.82, 2.24) is 15.5 Å². The smallest absolute Gasteiger partial charge is 0.471 e. The molecule has 2 fully saturated rings. The van der Waals surface area contributed by atoms with E-state index in [0.717, 1.165) is 4.90 Å². The van der Waals surface area contributed by atoms with Crippen molar-refractivity contribution >= 4 is 52.2 Å². The van der Waals surface area contributed by atoms with Crippen LogP contribution in [0.3, 0.4) is 0 Å². The van der Waals surface area contributed by atoms with Crippen LogP contribution in [0.25, 0.3) is 0 Å².